The molecule has 0 atom stereocenters. The maximum Gasteiger partial charge on any atom is 0.151 e. The van der Waals surface area contributed by atoms with Gasteiger partial charge in [-0.2, -0.15) is 0 Å². The molecule has 2 aliphatic carbocycles. The van der Waals surface area contributed by atoms with Gasteiger partial charge in [-0.15, -0.1) is 0 Å². The Morgan fingerprint density at radius 2 is 0.807 bits per heavy atom. The summed E-state index contributed by atoms with van der Waals surface area (Å²) in [5, 5.41) is 7.67. The van der Waals surface area contributed by atoms with Crippen molar-refractivity contribution in [1.82, 2.24) is 0 Å². The van der Waals surface area contributed by atoms with Crippen molar-refractivity contribution in [2.45, 2.75) is 5.41 Å². The maximum atomic E-state index is 6.34. The molecule has 10 aromatic carbocycles. The third-order valence-electron chi connectivity index (χ3n) is 12.8. The minimum atomic E-state index is -0.387. The summed E-state index contributed by atoms with van der Waals surface area (Å²) in [6.07, 6.45) is 0. The van der Waals surface area contributed by atoms with Gasteiger partial charge in [0.05, 0.1) is 16.8 Å². The number of fused-ring (bicyclic) bond motifs is 18. The van der Waals surface area contributed by atoms with Gasteiger partial charge < -0.3 is 9.64 Å². The SMILES string of the molecule is c1cc(-c2ccc3c(c2)c2ccccc2c2cc4c(cc32)C2(c3ccccc3-c3ccccc32)c2ccccc2-4)cc(N2c3ccccc3Oc3ccccc32)c1. The van der Waals surface area contributed by atoms with E-state index in [9.17, 15) is 0 Å². The van der Waals surface area contributed by atoms with Gasteiger partial charge in [-0.3, -0.25) is 0 Å². The minimum absolute atomic E-state index is 0.387. The second-order valence-electron chi connectivity index (χ2n) is 15.6. The molecule has 1 aliphatic heterocycles. The maximum absolute atomic E-state index is 6.34. The molecule has 3 aliphatic rings. The van der Waals surface area contributed by atoms with E-state index in [1.165, 1.54) is 88.0 Å². The number of hydrogen-bond donors (Lipinski definition) is 0. The lowest BCUT2D eigenvalue weighted by molar-refractivity contribution is 0.477. The van der Waals surface area contributed by atoms with Crippen molar-refractivity contribution in [3.8, 4) is 44.9 Å². The molecular formula is C55H33NO. The summed E-state index contributed by atoms with van der Waals surface area (Å²) in [4.78, 5) is 2.31. The lowest BCUT2D eigenvalue weighted by Gasteiger charge is -2.33. The smallest absolute Gasteiger partial charge is 0.151 e. The van der Waals surface area contributed by atoms with E-state index in [0.29, 0.717) is 0 Å². The zero-order valence-corrected chi connectivity index (χ0v) is 30.9. The summed E-state index contributed by atoms with van der Waals surface area (Å²) in [7, 11) is 0. The highest BCUT2D eigenvalue weighted by Gasteiger charge is 2.51. The lowest BCUT2D eigenvalue weighted by atomic mass is 9.70. The van der Waals surface area contributed by atoms with E-state index in [1.807, 2.05) is 24.3 Å². The van der Waals surface area contributed by atoms with Gasteiger partial charge in [0.2, 0.25) is 0 Å². The minimum Gasteiger partial charge on any atom is -0.453 e. The molecule has 2 heteroatoms. The number of hydrogen-bond acceptors (Lipinski definition) is 2. The Kier molecular flexibility index (Phi) is 6.13. The summed E-state index contributed by atoms with van der Waals surface area (Å²) in [6.45, 7) is 0. The van der Waals surface area contributed by atoms with Gasteiger partial charge in [-0.1, -0.05) is 146 Å². The summed E-state index contributed by atoms with van der Waals surface area (Å²) in [5.74, 6) is 1.71. The molecule has 0 saturated carbocycles. The van der Waals surface area contributed by atoms with Crippen molar-refractivity contribution in [3.63, 3.8) is 0 Å². The van der Waals surface area contributed by atoms with Gasteiger partial charge in [0.25, 0.3) is 0 Å². The Balaban J connectivity index is 1.05. The fraction of sp³-hybridized carbons (Fsp3) is 0.0182. The largest absolute Gasteiger partial charge is 0.453 e. The number of anilines is 3. The fourth-order valence-corrected chi connectivity index (χ4v) is 10.5. The van der Waals surface area contributed by atoms with E-state index in [4.69, 9.17) is 4.74 Å². The van der Waals surface area contributed by atoms with Crippen molar-refractivity contribution in [2.75, 3.05) is 4.90 Å². The Morgan fingerprint density at radius 3 is 1.46 bits per heavy atom. The molecular weight excluding hydrogens is 691 g/mol. The molecule has 0 unspecified atom stereocenters. The highest BCUT2D eigenvalue weighted by Crippen LogP contribution is 2.63. The van der Waals surface area contributed by atoms with Crippen LogP contribution in [0.4, 0.5) is 17.1 Å². The number of rotatable bonds is 2. The van der Waals surface area contributed by atoms with E-state index < -0.39 is 0 Å². The molecule has 0 amide bonds. The van der Waals surface area contributed by atoms with Crippen molar-refractivity contribution >= 4 is 49.4 Å². The van der Waals surface area contributed by atoms with Gasteiger partial charge in [0, 0.05) is 5.69 Å². The normalized spacial score (nSPS) is 13.9. The Hall–Kier alpha value is -7.42. The first-order chi connectivity index (χ1) is 28.3. The van der Waals surface area contributed by atoms with E-state index >= 15 is 0 Å². The van der Waals surface area contributed by atoms with Crippen LogP contribution in [0.5, 0.6) is 11.5 Å². The Labute approximate surface area is 330 Å². The zero-order valence-electron chi connectivity index (χ0n) is 30.9. The van der Waals surface area contributed by atoms with Crippen molar-refractivity contribution in [2.24, 2.45) is 0 Å². The van der Waals surface area contributed by atoms with E-state index in [-0.39, 0.29) is 5.41 Å². The number of ether oxygens (including phenoxy) is 1. The van der Waals surface area contributed by atoms with Crippen molar-refractivity contribution < 1.29 is 4.74 Å². The molecule has 0 bridgehead atoms. The van der Waals surface area contributed by atoms with Crippen LogP contribution in [0.2, 0.25) is 0 Å². The van der Waals surface area contributed by atoms with Gasteiger partial charge in [-0.05, 0) is 143 Å². The number of para-hydroxylation sites is 4. The predicted octanol–water partition coefficient (Wildman–Crippen LogP) is 14.7. The van der Waals surface area contributed by atoms with E-state index in [2.05, 4.69) is 181 Å². The van der Waals surface area contributed by atoms with Crippen LogP contribution in [-0.2, 0) is 5.41 Å². The van der Waals surface area contributed by atoms with Crippen LogP contribution < -0.4 is 9.64 Å². The molecule has 1 spiro atoms. The average Bonchev–Trinajstić information content (AvgIpc) is 3.74. The quantitative estimate of drug-likeness (QED) is 0.165. The van der Waals surface area contributed by atoms with Crippen LogP contribution in [0, 0.1) is 0 Å². The summed E-state index contributed by atoms with van der Waals surface area (Å²) in [5.41, 5.74) is 15.9. The van der Waals surface area contributed by atoms with Crippen LogP contribution in [0.3, 0.4) is 0 Å². The summed E-state index contributed by atoms with van der Waals surface area (Å²) in [6, 6.07) is 73.8. The number of nitrogens with zero attached hydrogens (tertiary/aromatic N) is 1. The van der Waals surface area contributed by atoms with Crippen LogP contribution in [0.15, 0.2) is 200 Å². The van der Waals surface area contributed by atoms with Crippen molar-refractivity contribution in [1.29, 1.82) is 0 Å². The first-order valence-electron chi connectivity index (χ1n) is 19.8. The molecule has 10 aromatic rings. The standard InChI is InChI=1S/C55H33NO/c1-2-17-38-37(16-1)43-31-35(34-14-13-15-36(30-34)56-51-24-9-11-26-53(51)57-54-27-12-10-25-52(54)56)28-29-39(43)45-33-50-46(32-44(38)45)42-20-5-8-23-49(42)55(50)47-21-6-3-18-40(47)41-19-4-7-22-48(41)55/h1-33H. The first kappa shape index (κ1) is 30.9. The summed E-state index contributed by atoms with van der Waals surface area (Å²) >= 11 is 0. The second-order valence-corrected chi connectivity index (χ2v) is 15.6. The van der Waals surface area contributed by atoms with Crippen LogP contribution >= 0.6 is 0 Å². The zero-order chi connectivity index (χ0) is 37.2. The average molecular weight is 724 g/mol. The molecule has 0 fully saturated rings. The van der Waals surface area contributed by atoms with Gasteiger partial charge in [-0.25, -0.2) is 0 Å². The molecule has 57 heavy (non-hydrogen) atoms. The third kappa shape index (κ3) is 4.04. The molecule has 0 radical (unpaired) electrons. The van der Waals surface area contributed by atoms with Gasteiger partial charge in [0.15, 0.2) is 11.5 Å². The molecule has 13 rings (SSSR count). The predicted molar refractivity (Wildman–Crippen MR) is 235 cm³/mol. The Bertz CT molecular complexity index is 3270. The highest BCUT2D eigenvalue weighted by atomic mass is 16.5. The molecule has 264 valence electrons. The van der Waals surface area contributed by atoms with E-state index in [0.717, 1.165) is 28.6 Å². The molecule has 0 N–H and O–H groups in total. The molecule has 0 saturated heterocycles. The molecule has 2 nitrogen and oxygen atoms in total. The second kappa shape index (κ2) is 11.3. The lowest BCUT2D eigenvalue weighted by Crippen LogP contribution is -2.25. The van der Waals surface area contributed by atoms with Gasteiger partial charge >= 0.3 is 0 Å². The van der Waals surface area contributed by atoms with E-state index in [1.54, 1.807) is 0 Å². The monoisotopic (exact) mass is 723 g/mol. The number of benzene rings is 10. The Morgan fingerprint density at radius 1 is 0.316 bits per heavy atom. The van der Waals surface area contributed by atoms with Gasteiger partial charge in [0.1, 0.15) is 0 Å². The van der Waals surface area contributed by atoms with Crippen molar-refractivity contribution in [3.05, 3.63) is 222 Å². The molecule has 1 heterocycles. The van der Waals surface area contributed by atoms with Crippen LogP contribution in [0.1, 0.15) is 22.3 Å². The van der Waals surface area contributed by atoms with Crippen LogP contribution in [0.25, 0.3) is 65.7 Å². The molecule has 0 aromatic heterocycles. The fourth-order valence-electron chi connectivity index (χ4n) is 10.5. The highest BCUT2D eigenvalue weighted by molar-refractivity contribution is 6.27. The summed E-state index contributed by atoms with van der Waals surface area (Å²) < 4.78 is 6.34. The first-order valence-corrected chi connectivity index (χ1v) is 19.8. The topological polar surface area (TPSA) is 12.5 Å². The van der Waals surface area contributed by atoms with Crippen LogP contribution in [-0.4, -0.2) is 0 Å². The third-order valence-corrected chi connectivity index (χ3v) is 12.8.